The van der Waals surface area contributed by atoms with E-state index in [0.717, 1.165) is 5.70 Å². The summed E-state index contributed by atoms with van der Waals surface area (Å²) in [6.45, 7) is 7.95. The van der Waals surface area contributed by atoms with E-state index in [1.807, 2.05) is 27.7 Å². The summed E-state index contributed by atoms with van der Waals surface area (Å²) in [6, 6.07) is 0. The smallest absolute Gasteiger partial charge is 0.224 e. The van der Waals surface area contributed by atoms with E-state index < -0.39 is 0 Å². The summed E-state index contributed by atoms with van der Waals surface area (Å²) >= 11 is 0. The van der Waals surface area contributed by atoms with Gasteiger partial charge in [0.25, 0.3) is 0 Å². The van der Waals surface area contributed by atoms with Crippen molar-refractivity contribution in [2.45, 2.75) is 34.1 Å². The lowest BCUT2D eigenvalue weighted by Gasteiger charge is -2.15. The van der Waals surface area contributed by atoms with E-state index in [2.05, 4.69) is 11.4 Å². The molecule has 1 heterocycles. The molecule has 0 aromatic carbocycles. The molecular formula is C9H17NO. The Morgan fingerprint density at radius 3 is 2.45 bits per heavy atom. The molecule has 2 nitrogen and oxygen atoms in total. The van der Waals surface area contributed by atoms with Crippen LogP contribution in [0.25, 0.3) is 0 Å². The Hall–Kier alpha value is -0.790. The number of carbonyl (C=O) groups excluding carboxylic acids is 1. The largest absolute Gasteiger partial charge is 0.330 e. The molecule has 0 radical (unpaired) electrons. The van der Waals surface area contributed by atoms with E-state index in [1.54, 1.807) is 0 Å². The molecule has 2 heteroatoms. The molecule has 0 aliphatic carbocycles. The minimum Gasteiger partial charge on any atom is -0.330 e. The van der Waals surface area contributed by atoms with E-state index in [9.17, 15) is 4.79 Å². The van der Waals surface area contributed by atoms with Gasteiger partial charge in [-0.25, -0.2) is 0 Å². The maximum Gasteiger partial charge on any atom is 0.224 e. The Labute approximate surface area is 68.7 Å². The van der Waals surface area contributed by atoms with Gasteiger partial charge in [-0.1, -0.05) is 26.8 Å². The molecule has 0 fully saturated rings. The molecule has 1 unspecified atom stereocenters. The molecule has 0 bridgehead atoms. The van der Waals surface area contributed by atoms with Gasteiger partial charge < -0.3 is 5.32 Å². The summed E-state index contributed by atoms with van der Waals surface area (Å²) in [6.07, 6.45) is 2.71. The van der Waals surface area contributed by atoms with E-state index in [1.165, 1.54) is 0 Å². The Bertz CT molecular complexity index is 161. The van der Waals surface area contributed by atoms with Crippen molar-refractivity contribution in [3.8, 4) is 0 Å². The topological polar surface area (TPSA) is 29.1 Å². The van der Waals surface area contributed by atoms with Crippen molar-refractivity contribution in [3.63, 3.8) is 0 Å². The minimum absolute atomic E-state index is 0.141. The van der Waals surface area contributed by atoms with Crippen LogP contribution in [0.3, 0.4) is 0 Å². The van der Waals surface area contributed by atoms with Crippen molar-refractivity contribution >= 4 is 5.91 Å². The van der Waals surface area contributed by atoms with E-state index in [0.29, 0.717) is 12.3 Å². The zero-order valence-corrected chi connectivity index (χ0v) is 7.77. The van der Waals surface area contributed by atoms with Gasteiger partial charge in [-0.15, -0.1) is 0 Å². The first-order chi connectivity index (χ1) is 5.18. The molecule has 0 aromatic heterocycles. The fourth-order valence-electron chi connectivity index (χ4n) is 1.09. The van der Waals surface area contributed by atoms with Gasteiger partial charge in [0.1, 0.15) is 0 Å². The third-order valence-corrected chi connectivity index (χ3v) is 1.38. The SMILES string of the molecule is CC.CC1=CC(C)CC(=O)N1. The molecule has 1 amide bonds. The summed E-state index contributed by atoms with van der Waals surface area (Å²) < 4.78 is 0. The molecule has 1 atom stereocenters. The Balaban J connectivity index is 0.000000461. The van der Waals surface area contributed by atoms with Crippen LogP contribution in [0.5, 0.6) is 0 Å². The minimum atomic E-state index is 0.141. The first-order valence-corrected chi connectivity index (χ1v) is 4.17. The third-order valence-electron chi connectivity index (χ3n) is 1.38. The van der Waals surface area contributed by atoms with Crippen LogP contribution in [0.1, 0.15) is 34.1 Å². The summed E-state index contributed by atoms with van der Waals surface area (Å²) in [5.41, 5.74) is 0.985. The second-order valence-corrected chi connectivity index (χ2v) is 2.58. The fraction of sp³-hybridized carbons (Fsp3) is 0.667. The van der Waals surface area contributed by atoms with Gasteiger partial charge in [0.2, 0.25) is 5.91 Å². The zero-order valence-electron chi connectivity index (χ0n) is 7.77. The predicted octanol–water partition coefficient (Wildman–Crippen LogP) is 2.07. The number of hydrogen-bond donors (Lipinski definition) is 1. The molecule has 1 aliphatic heterocycles. The summed E-state index contributed by atoms with van der Waals surface area (Å²) in [5, 5.41) is 2.73. The highest BCUT2D eigenvalue weighted by atomic mass is 16.1. The molecule has 0 saturated carbocycles. The summed E-state index contributed by atoms with van der Waals surface area (Å²) in [4.78, 5) is 10.7. The quantitative estimate of drug-likeness (QED) is 0.570. The first-order valence-electron chi connectivity index (χ1n) is 4.17. The third kappa shape index (κ3) is 3.81. The Kier molecular flexibility index (Phi) is 4.59. The van der Waals surface area contributed by atoms with Crippen molar-refractivity contribution in [3.05, 3.63) is 11.8 Å². The Morgan fingerprint density at radius 1 is 1.55 bits per heavy atom. The van der Waals surface area contributed by atoms with Gasteiger partial charge in [-0.3, -0.25) is 4.79 Å². The van der Waals surface area contributed by atoms with Crippen LogP contribution < -0.4 is 5.32 Å². The number of amides is 1. The van der Waals surface area contributed by atoms with E-state index in [-0.39, 0.29) is 5.91 Å². The lowest BCUT2D eigenvalue weighted by atomic mass is 10.0. The maximum atomic E-state index is 10.7. The zero-order chi connectivity index (χ0) is 8.85. The van der Waals surface area contributed by atoms with Gasteiger partial charge in [0.15, 0.2) is 0 Å². The van der Waals surface area contributed by atoms with Gasteiger partial charge in [-0.2, -0.15) is 0 Å². The first kappa shape index (κ1) is 10.2. The fourth-order valence-corrected chi connectivity index (χ4v) is 1.09. The molecule has 0 spiro atoms. The number of rotatable bonds is 0. The lowest BCUT2D eigenvalue weighted by molar-refractivity contribution is -0.121. The average molecular weight is 155 g/mol. The second kappa shape index (κ2) is 4.94. The van der Waals surface area contributed by atoms with Crippen molar-refractivity contribution in [1.29, 1.82) is 0 Å². The monoisotopic (exact) mass is 155 g/mol. The normalized spacial score (nSPS) is 22.7. The van der Waals surface area contributed by atoms with Gasteiger partial charge >= 0.3 is 0 Å². The standard InChI is InChI=1S/C7H11NO.C2H6/c1-5-3-6(2)8-7(9)4-5;1-2/h3,5H,4H2,1-2H3,(H,8,9);1-2H3. The average Bonchev–Trinajstić information content (AvgIpc) is 1.88. The van der Waals surface area contributed by atoms with E-state index in [4.69, 9.17) is 0 Å². The summed E-state index contributed by atoms with van der Waals surface area (Å²) in [5.74, 6) is 0.557. The highest BCUT2D eigenvalue weighted by Gasteiger charge is 2.11. The molecule has 0 aromatic rings. The van der Waals surface area contributed by atoms with E-state index >= 15 is 0 Å². The molecule has 1 rings (SSSR count). The van der Waals surface area contributed by atoms with Gasteiger partial charge in [-0.05, 0) is 12.8 Å². The van der Waals surface area contributed by atoms with Gasteiger partial charge in [0.05, 0.1) is 0 Å². The summed E-state index contributed by atoms with van der Waals surface area (Å²) in [7, 11) is 0. The van der Waals surface area contributed by atoms with Crippen LogP contribution in [0.15, 0.2) is 11.8 Å². The number of nitrogens with one attached hydrogen (secondary N) is 1. The van der Waals surface area contributed by atoms with Crippen LogP contribution in [0, 0.1) is 5.92 Å². The van der Waals surface area contributed by atoms with Crippen molar-refractivity contribution in [2.75, 3.05) is 0 Å². The van der Waals surface area contributed by atoms with Crippen LogP contribution in [-0.2, 0) is 4.79 Å². The Morgan fingerprint density at radius 2 is 2.09 bits per heavy atom. The van der Waals surface area contributed by atoms with Crippen molar-refractivity contribution in [1.82, 2.24) is 5.32 Å². The molecular weight excluding hydrogens is 138 g/mol. The lowest BCUT2D eigenvalue weighted by Crippen LogP contribution is -2.27. The maximum absolute atomic E-state index is 10.7. The molecule has 64 valence electrons. The number of allylic oxidation sites excluding steroid dienone is 2. The van der Waals surface area contributed by atoms with Crippen LogP contribution in [0.4, 0.5) is 0 Å². The number of carbonyl (C=O) groups is 1. The predicted molar refractivity (Wildman–Crippen MR) is 47.0 cm³/mol. The molecule has 1 aliphatic rings. The van der Waals surface area contributed by atoms with Crippen molar-refractivity contribution in [2.24, 2.45) is 5.92 Å². The van der Waals surface area contributed by atoms with Crippen LogP contribution >= 0.6 is 0 Å². The molecule has 0 saturated heterocycles. The van der Waals surface area contributed by atoms with Gasteiger partial charge in [0, 0.05) is 12.1 Å². The molecule has 11 heavy (non-hydrogen) atoms. The number of hydrogen-bond acceptors (Lipinski definition) is 1. The highest BCUT2D eigenvalue weighted by molar-refractivity contribution is 5.79. The van der Waals surface area contributed by atoms with Crippen molar-refractivity contribution < 1.29 is 4.79 Å². The van der Waals surface area contributed by atoms with Crippen LogP contribution in [0.2, 0.25) is 0 Å². The van der Waals surface area contributed by atoms with Crippen LogP contribution in [-0.4, -0.2) is 5.91 Å². The molecule has 1 N–H and O–H groups in total. The second-order valence-electron chi connectivity index (χ2n) is 2.58. The highest BCUT2D eigenvalue weighted by Crippen LogP contribution is 2.10.